The summed E-state index contributed by atoms with van der Waals surface area (Å²) >= 11 is 0. The molecule has 1 aromatic heterocycles. The molecule has 154 valence electrons. The molecule has 0 radical (unpaired) electrons. The fourth-order valence-electron chi connectivity index (χ4n) is 2.89. The molecule has 0 spiro atoms. The third-order valence-corrected chi connectivity index (χ3v) is 4.38. The van der Waals surface area contributed by atoms with Crippen molar-refractivity contribution in [2.45, 2.75) is 0 Å². The van der Waals surface area contributed by atoms with Gasteiger partial charge in [0.2, 0.25) is 0 Å². The second-order valence-electron chi connectivity index (χ2n) is 6.52. The van der Waals surface area contributed by atoms with Crippen LogP contribution in [0, 0.1) is 17.1 Å². The number of rotatable bonds is 4. The summed E-state index contributed by atoms with van der Waals surface area (Å²) in [5.41, 5.74) is 1.61. The number of pyridine rings is 1. The first-order chi connectivity index (χ1) is 15.0. The van der Waals surface area contributed by atoms with Crippen LogP contribution in [0.3, 0.4) is 0 Å². The van der Waals surface area contributed by atoms with E-state index in [4.69, 9.17) is 10.00 Å². The molecule has 4 rings (SSSR count). The number of hydrogen-bond acceptors (Lipinski definition) is 5. The zero-order chi connectivity index (χ0) is 21.8. The summed E-state index contributed by atoms with van der Waals surface area (Å²) in [5.74, 6) is 0.443. The minimum atomic E-state index is -0.468. The van der Waals surface area contributed by atoms with Gasteiger partial charge in [-0.25, -0.2) is 9.18 Å². The molecule has 0 aliphatic heterocycles. The van der Waals surface area contributed by atoms with Crippen LogP contribution >= 0.6 is 0 Å². The van der Waals surface area contributed by atoms with E-state index in [1.807, 2.05) is 6.07 Å². The van der Waals surface area contributed by atoms with Gasteiger partial charge in [0.05, 0.1) is 11.1 Å². The van der Waals surface area contributed by atoms with E-state index in [9.17, 15) is 14.3 Å². The predicted octanol–water partition coefficient (Wildman–Crippen LogP) is 4.74. The molecule has 0 aliphatic rings. The van der Waals surface area contributed by atoms with Gasteiger partial charge < -0.3 is 20.5 Å². The average Bonchev–Trinajstić information content (AvgIpc) is 2.76. The molecule has 3 N–H and O–H groups in total. The van der Waals surface area contributed by atoms with Crippen molar-refractivity contribution in [2.75, 3.05) is 10.6 Å². The monoisotopic (exact) mass is 438 g/mol. The number of amides is 2. The number of fused-ring (bicyclic) bond motifs is 1. The number of aromatic hydroxyl groups is 1. The zero-order valence-electron chi connectivity index (χ0n) is 16.0. The van der Waals surface area contributed by atoms with Crippen LogP contribution in [0.2, 0.25) is 0 Å². The Kier molecular flexibility index (Phi) is 7.28. The number of halogens is 1. The molecule has 0 unspecified atom stereocenters. The quantitative estimate of drug-likeness (QED) is 0.399. The molecule has 0 bridgehead atoms. The SMILES string of the molecule is N#Cc1cc2c(Oc3ccc(NC(=O)Nc4ccc(F)cc4)cc3)ccnc2cc1O.[NaH]. The first kappa shape index (κ1) is 23.0. The Bertz CT molecular complexity index is 1310. The molecular weight excluding hydrogens is 422 g/mol. The van der Waals surface area contributed by atoms with Crippen LogP contribution < -0.4 is 15.4 Å². The molecule has 0 atom stereocenters. The normalized spacial score (nSPS) is 10.0. The van der Waals surface area contributed by atoms with Gasteiger partial charge in [-0.15, -0.1) is 0 Å². The van der Waals surface area contributed by atoms with Gasteiger partial charge in [0.15, 0.2) is 0 Å². The number of urea groups is 1. The fraction of sp³-hybridized carbons (Fsp3) is 0. The Labute approximate surface area is 204 Å². The van der Waals surface area contributed by atoms with Crippen molar-refractivity contribution >= 4 is 57.9 Å². The van der Waals surface area contributed by atoms with E-state index in [2.05, 4.69) is 15.6 Å². The van der Waals surface area contributed by atoms with Crippen molar-refractivity contribution in [1.82, 2.24) is 4.98 Å². The molecule has 0 saturated heterocycles. The van der Waals surface area contributed by atoms with E-state index < -0.39 is 6.03 Å². The van der Waals surface area contributed by atoms with Crippen LogP contribution in [0.4, 0.5) is 20.6 Å². The molecular formula is C23H16FN4NaO3. The Morgan fingerprint density at radius 1 is 1.00 bits per heavy atom. The van der Waals surface area contributed by atoms with Crippen LogP contribution in [-0.2, 0) is 0 Å². The average molecular weight is 438 g/mol. The van der Waals surface area contributed by atoms with Crippen molar-refractivity contribution in [1.29, 1.82) is 5.26 Å². The summed E-state index contributed by atoms with van der Waals surface area (Å²) in [4.78, 5) is 16.3. The van der Waals surface area contributed by atoms with Gasteiger partial charge in [-0.1, -0.05) is 0 Å². The van der Waals surface area contributed by atoms with E-state index >= 15 is 0 Å². The number of nitrogens with one attached hydrogen (secondary N) is 2. The van der Waals surface area contributed by atoms with E-state index in [0.717, 1.165) is 0 Å². The third-order valence-electron chi connectivity index (χ3n) is 4.38. The number of nitriles is 1. The van der Waals surface area contributed by atoms with Crippen LogP contribution in [0.15, 0.2) is 72.9 Å². The second-order valence-corrected chi connectivity index (χ2v) is 6.52. The second kappa shape index (κ2) is 10.1. The molecule has 9 heteroatoms. The first-order valence-corrected chi connectivity index (χ1v) is 9.15. The topological polar surface area (TPSA) is 107 Å². The number of aromatic nitrogens is 1. The fourth-order valence-corrected chi connectivity index (χ4v) is 2.89. The van der Waals surface area contributed by atoms with Crippen molar-refractivity contribution in [2.24, 2.45) is 0 Å². The van der Waals surface area contributed by atoms with Gasteiger partial charge in [0, 0.05) is 29.0 Å². The molecule has 2 amide bonds. The number of carbonyl (C=O) groups is 1. The number of ether oxygens (including phenoxy) is 1. The van der Waals surface area contributed by atoms with Crippen molar-refractivity contribution in [3.63, 3.8) is 0 Å². The predicted molar refractivity (Wildman–Crippen MR) is 121 cm³/mol. The van der Waals surface area contributed by atoms with Crippen LogP contribution in [-0.4, -0.2) is 45.7 Å². The summed E-state index contributed by atoms with van der Waals surface area (Å²) in [6, 6.07) is 18.1. The standard InChI is InChI=1S/C23H15FN4O3.Na.H/c24-15-1-3-16(4-2-15)27-23(30)28-17-5-7-18(8-6-17)31-22-9-10-26-20-12-21(29)14(13-25)11-19(20)22;;/h1-12,29H,(H2,27,28,30);;. The van der Waals surface area contributed by atoms with E-state index in [0.29, 0.717) is 33.8 Å². The Hall–Kier alpha value is -3.64. The number of carbonyl (C=O) groups excluding carboxylic acids is 1. The maximum atomic E-state index is 12.9. The van der Waals surface area contributed by atoms with E-state index in [1.165, 1.54) is 36.4 Å². The molecule has 32 heavy (non-hydrogen) atoms. The summed E-state index contributed by atoms with van der Waals surface area (Å²) < 4.78 is 18.8. The van der Waals surface area contributed by atoms with Crippen LogP contribution in [0.5, 0.6) is 17.2 Å². The summed E-state index contributed by atoms with van der Waals surface area (Å²) in [7, 11) is 0. The minimum absolute atomic E-state index is 0. The molecule has 3 aromatic carbocycles. The van der Waals surface area contributed by atoms with Gasteiger partial charge in [0.1, 0.15) is 29.1 Å². The van der Waals surface area contributed by atoms with Gasteiger partial charge in [-0.2, -0.15) is 5.26 Å². The van der Waals surface area contributed by atoms with E-state index in [1.54, 1.807) is 36.5 Å². The number of benzene rings is 3. The van der Waals surface area contributed by atoms with Crippen molar-refractivity contribution in [3.05, 3.63) is 84.3 Å². The van der Waals surface area contributed by atoms with Crippen molar-refractivity contribution < 1.29 is 19.0 Å². The molecule has 0 saturated carbocycles. The number of phenolic OH excluding ortho intramolecular Hbond substituents is 1. The number of phenols is 1. The number of nitrogens with zero attached hydrogens (tertiary/aromatic N) is 2. The molecule has 7 nitrogen and oxygen atoms in total. The van der Waals surface area contributed by atoms with Gasteiger partial charge in [0.25, 0.3) is 0 Å². The number of anilines is 2. The van der Waals surface area contributed by atoms with Gasteiger partial charge in [-0.3, -0.25) is 4.98 Å². The molecule has 0 fully saturated rings. The maximum absolute atomic E-state index is 12.9. The van der Waals surface area contributed by atoms with Gasteiger partial charge >= 0.3 is 35.6 Å². The first-order valence-electron chi connectivity index (χ1n) is 9.15. The zero-order valence-corrected chi connectivity index (χ0v) is 16.0. The van der Waals surface area contributed by atoms with E-state index in [-0.39, 0.29) is 46.7 Å². The Morgan fingerprint density at radius 3 is 2.25 bits per heavy atom. The molecule has 0 aliphatic carbocycles. The summed E-state index contributed by atoms with van der Waals surface area (Å²) in [6.07, 6.45) is 1.54. The molecule has 1 heterocycles. The van der Waals surface area contributed by atoms with Gasteiger partial charge in [-0.05, 0) is 60.7 Å². The van der Waals surface area contributed by atoms with Crippen LogP contribution in [0.25, 0.3) is 10.9 Å². The van der Waals surface area contributed by atoms with Crippen molar-refractivity contribution in [3.8, 4) is 23.3 Å². The molecule has 4 aromatic rings. The Balaban J connectivity index is 0.00000289. The van der Waals surface area contributed by atoms with Crippen LogP contribution in [0.1, 0.15) is 5.56 Å². The third kappa shape index (κ3) is 5.34. The summed E-state index contributed by atoms with van der Waals surface area (Å²) in [5, 5.41) is 24.8. The summed E-state index contributed by atoms with van der Waals surface area (Å²) in [6.45, 7) is 0. The number of hydrogen-bond donors (Lipinski definition) is 3. The Morgan fingerprint density at radius 2 is 1.62 bits per heavy atom.